The number of carbonyl (C=O) groups excluding carboxylic acids is 2. The number of ether oxygens (including phenoxy) is 2. The minimum Gasteiger partial charge on any atom is -0.444 e. The van der Waals surface area contributed by atoms with Gasteiger partial charge in [-0.3, -0.25) is 10.6 Å². The van der Waals surface area contributed by atoms with E-state index in [1.165, 1.54) is 0 Å². The molecular weight excluding hydrogens is 524 g/mol. The van der Waals surface area contributed by atoms with Crippen LogP contribution in [-0.2, 0) is 9.47 Å². The van der Waals surface area contributed by atoms with Gasteiger partial charge in [0.15, 0.2) is 0 Å². The summed E-state index contributed by atoms with van der Waals surface area (Å²) in [5.74, 6) is 0. The number of carbonyl (C=O) groups is 2. The molecule has 0 heterocycles. The molecule has 2 N–H and O–H groups in total. The second-order valence-corrected chi connectivity index (χ2v) is 12.2. The van der Waals surface area contributed by atoms with Gasteiger partial charge in [0, 0.05) is 16.7 Å². The van der Waals surface area contributed by atoms with Crippen molar-refractivity contribution in [2.75, 3.05) is 10.6 Å². The highest BCUT2D eigenvalue weighted by atomic mass is 16.6. The molecule has 0 saturated carbocycles. The lowest BCUT2D eigenvalue weighted by atomic mass is 9.87. The van der Waals surface area contributed by atoms with Gasteiger partial charge < -0.3 is 9.47 Å². The van der Waals surface area contributed by atoms with Crippen molar-refractivity contribution in [2.24, 2.45) is 0 Å². The van der Waals surface area contributed by atoms with Crippen molar-refractivity contribution in [3.05, 3.63) is 97.1 Å². The summed E-state index contributed by atoms with van der Waals surface area (Å²) >= 11 is 0. The second-order valence-electron chi connectivity index (χ2n) is 12.2. The molecular formula is C36H36N2O4. The van der Waals surface area contributed by atoms with Crippen LogP contribution in [0, 0.1) is 0 Å². The maximum atomic E-state index is 13.4. The van der Waals surface area contributed by atoms with E-state index < -0.39 is 23.4 Å². The minimum absolute atomic E-state index is 0.561. The lowest BCUT2D eigenvalue weighted by Gasteiger charge is -2.25. The standard InChI is InChI=1S/C36H36N2O4/c1-35(2,3)41-33(39)37-29-21-20-24-16-10-12-18-26(24)30(29)31-27-19-13-11-17-25(27)22-28(23-14-8-7-9-15-23)32(31)38-34(40)42-36(4,5)6/h7-22H,1-6H3,(H,37,39)(H,38,40). The highest BCUT2D eigenvalue weighted by Crippen LogP contribution is 2.47. The third-order valence-electron chi connectivity index (χ3n) is 6.57. The molecule has 0 atom stereocenters. The van der Waals surface area contributed by atoms with Crippen LogP contribution >= 0.6 is 0 Å². The summed E-state index contributed by atoms with van der Waals surface area (Å²) in [6.07, 6.45) is -1.14. The quantitative estimate of drug-likeness (QED) is 0.229. The van der Waals surface area contributed by atoms with Gasteiger partial charge in [-0.05, 0) is 80.8 Å². The average Bonchev–Trinajstić information content (AvgIpc) is 2.91. The van der Waals surface area contributed by atoms with Gasteiger partial charge in [0.05, 0.1) is 11.4 Å². The topological polar surface area (TPSA) is 76.7 Å². The Morgan fingerprint density at radius 2 is 1.10 bits per heavy atom. The number of nitrogens with one attached hydrogen (secondary N) is 2. The minimum atomic E-state index is -0.698. The summed E-state index contributed by atoms with van der Waals surface area (Å²) < 4.78 is 11.4. The van der Waals surface area contributed by atoms with Crippen LogP contribution in [0.4, 0.5) is 21.0 Å². The van der Waals surface area contributed by atoms with Crippen LogP contribution in [0.5, 0.6) is 0 Å². The normalized spacial score (nSPS) is 11.8. The Morgan fingerprint density at radius 3 is 1.71 bits per heavy atom. The van der Waals surface area contributed by atoms with Gasteiger partial charge in [-0.15, -0.1) is 0 Å². The van der Waals surface area contributed by atoms with Crippen molar-refractivity contribution >= 4 is 45.1 Å². The van der Waals surface area contributed by atoms with Crippen LogP contribution in [-0.4, -0.2) is 23.4 Å². The van der Waals surface area contributed by atoms with Crippen LogP contribution in [0.1, 0.15) is 41.5 Å². The van der Waals surface area contributed by atoms with Crippen LogP contribution in [0.2, 0.25) is 0 Å². The highest BCUT2D eigenvalue weighted by Gasteiger charge is 2.26. The van der Waals surface area contributed by atoms with Crippen molar-refractivity contribution in [3.63, 3.8) is 0 Å². The number of benzene rings is 5. The molecule has 0 aliphatic heterocycles. The van der Waals surface area contributed by atoms with Crippen molar-refractivity contribution in [3.8, 4) is 22.3 Å². The van der Waals surface area contributed by atoms with Crippen molar-refractivity contribution in [1.82, 2.24) is 0 Å². The monoisotopic (exact) mass is 560 g/mol. The smallest absolute Gasteiger partial charge is 0.412 e. The molecule has 0 radical (unpaired) electrons. The molecule has 0 saturated heterocycles. The lowest BCUT2D eigenvalue weighted by molar-refractivity contribution is 0.0624. The summed E-state index contributed by atoms with van der Waals surface area (Å²) in [7, 11) is 0. The molecule has 0 fully saturated rings. The number of rotatable bonds is 4. The SMILES string of the molecule is CC(C)(C)OC(=O)Nc1ccc2ccccc2c1-c1c(NC(=O)OC(C)(C)C)c(-c2ccccc2)cc2ccccc12. The number of hydrogen-bond donors (Lipinski definition) is 2. The molecule has 0 unspecified atom stereocenters. The van der Waals surface area contributed by atoms with Gasteiger partial charge in [0.25, 0.3) is 0 Å². The van der Waals surface area contributed by atoms with E-state index in [0.717, 1.165) is 43.8 Å². The Bertz CT molecular complexity index is 1780. The Balaban J connectivity index is 1.87. The van der Waals surface area contributed by atoms with E-state index in [1.807, 2.05) is 126 Å². The first-order valence-electron chi connectivity index (χ1n) is 14.0. The number of fused-ring (bicyclic) bond motifs is 2. The van der Waals surface area contributed by atoms with E-state index in [-0.39, 0.29) is 0 Å². The third kappa shape index (κ3) is 6.39. The molecule has 2 amide bonds. The summed E-state index contributed by atoms with van der Waals surface area (Å²) in [5.41, 5.74) is 3.05. The zero-order valence-electron chi connectivity index (χ0n) is 24.9. The lowest BCUT2D eigenvalue weighted by Crippen LogP contribution is -2.28. The van der Waals surface area contributed by atoms with Crippen molar-refractivity contribution in [1.29, 1.82) is 0 Å². The Kier molecular flexibility index (Phi) is 7.65. The molecule has 6 heteroatoms. The molecule has 0 aliphatic rings. The Morgan fingerprint density at radius 1 is 0.571 bits per heavy atom. The van der Waals surface area contributed by atoms with Crippen LogP contribution in [0.3, 0.4) is 0 Å². The van der Waals surface area contributed by atoms with E-state index in [2.05, 4.69) is 22.8 Å². The van der Waals surface area contributed by atoms with Gasteiger partial charge in [-0.2, -0.15) is 0 Å². The number of hydrogen-bond acceptors (Lipinski definition) is 4. The Hall–Kier alpha value is -4.84. The van der Waals surface area contributed by atoms with Crippen molar-refractivity contribution in [2.45, 2.75) is 52.7 Å². The summed E-state index contributed by atoms with van der Waals surface area (Å²) in [5, 5.41) is 9.89. The average molecular weight is 561 g/mol. The molecule has 5 aromatic rings. The van der Waals surface area contributed by atoms with Gasteiger partial charge in [-0.25, -0.2) is 9.59 Å². The molecule has 0 aliphatic carbocycles. The van der Waals surface area contributed by atoms with Gasteiger partial charge in [0.2, 0.25) is 0 Å². The third-order valence-corrected chi connectivity index (χ3v) is 6.57. The fourth-order valence-corrected chi connectivity index (χ4v) is 5.05. The fourth-order valence-electron chi connectivity index (χ4n) is 5.05. The maximum Gasteiger partial charge on any atom is 0.412 e. The van der Waals surface area contributed by atoms with Crippen LogP contribution in [0.25, 0.3) is 43.8 Å². The molecule has 5 aromatic carbocycles. The first-order valence-corrected chi connectivity index (χ1v) is 14.0. The van der Waals surface area contributed by atoms with E-state index in [0.29, 0.717) is 11.4 Å². The predicted octanol–water partition coefficient (Wildman–Crippen LogP) is 10.0. The Labute approximate surface area is 246 Å². The highest BCUT2D eigenvalue weighted by molar-refractivity contribution is 6.19. The second kappa shape index (κ2) is 11.2. The molecule has 6 nitrogen and oxygen atoms in total. The first-order chi connectivity index (χ1) is 19.9. The van der Waals surface area contributed by atoms with Crippen LogP contribution in [0.15, 0.2) is 97.1 Å². The number of anilines is 2. The summed E-state index contributed by atoms with van der Waals surface area (Å²) in [4.78, 5) is 26.5. The summed E-state index contributed by atoms with van der Waals surface area (Å²) in [6, 6.07) is 31.9. The maximum absolute atomic E-state index is 13.4. The summed E-state index contributed by atoms with van der Waals surface area (Å²) in [6.45, 7) is 11.0. The van der Waals surface area contributed by atoms with E-state index >= 15 is 0 Å². The van der Waals surface area contributed by atoms with Gasteiger partial charge in [-0.1, -0.05) is 84.9 Å². The molecule has 214 valence electrons. The van der Waals surface area contributed by atoms with E-state index in [1.54, 1.807) is 0 Å². The molecule has 0 bridgehead atoms. The molecule has 42 heavy (non-hydrogen) atoms. The van der Waals surface area contributed by atoms with Gasteiger partial charge >= 0.3 is 12.2 Å². The fraction of sp³-hybridized carbons (Fsp3) is 0.222. The van der Waals surface area contributed by atoms with Crippen LogP contribution < -0.4 is 10.6 Å². The number of amides is 2. The van der Waals surface area contributed by atoms with E-state index in [9.17, 15) is 9.59 Å². The molecule has 5 rings (SSSR count). The zero-order chi connectivity index (χ0) is 30.1. The molecule has 0 aromatic heterocycles. The molecule has 0 spiro atoms. The zero-order valence-corrected chi connectivity index (χ0v) is 24.9. The largest absolute Gasteiger partial charge is 0.444 e. The first kappa shape index (κ1) is 28.7. The predicted molar refractivity (Wildman–Crippen MR) is 172 cm³/mol. The van der Waals surface area contributed by atoms with E-state index in [4.69, 9.17) is 9.47 Å². The van der Waals surface area contributed by atoms with Crippen molar-refractivity contribution < 1.29 is 19.1 Å². The van der Waals surface area contributed by atoms with Gasteiger partial charge in [0.1, 0.15) is 11.2 Å².